The van der Waals surface area contributed by atoms with Gasteiger partial charge in [-0.25, -0.2) is 0 Å². The number of rotatable bonds is 3. The molecule has 0 aromatic heterocycles. The minimum absolute atomic E-state index is 0.103. The maximum Gasteiger partial charge on any atom is 0.244 e. The molecular formula is C13H19N3O. The van der Waals surface area contributed by atoms with E-state index in [9.17, 15) is 4.79 Å². The molecule has 17 heavy (non-hydrogen) atoms. The Morgan fingerprint density at radius 2 is 2.12 bits per heavy atom. The number of nitrogens with zero attached hydrogens (tertiary/aromatic N) is 1. The summed E-state index contributed by atoms with van der Waals surface area (Å²) in [6, 6.07) is 8.21. The molecule has 1 aliphatic rings. The molecule has 4 heteroatoms. The predicted molar refractivity (Wildman–Crippen MR) is 69.2 cm³/mol. The van der Waals surface area contributed by atoms with Gasteiger partial charge in [0.25, 0.3) is 0 Å². The van der Waals surface area contributed by atoms with E-state index in [0.717, 1.165) is 12.2 Å². The number of anilines is 1. The fourth-order valence-electron chi connectivity index (χ4n) is 2.16. The molecule has 4 nitrogen and oxygen atoms in total. The Labute approximate surface area is 102 Å². The van der Waals surface area contributed by atoms with Crippen LogP contribution in [0.1, 0.15) is 5.56 Å². The zero-order valence-corrected chi connectivity index (χ0v) is 10.4. The third-order valence-electron chi connectivity index (χ3n) is 3.09. The number of piperazine rings is 1. The lowest BCUT2D eigenvalue weighted by molar-refractivity contribution is -0.123. The van der Waals surface area contributed by atoms with Gasteiger partial charge in [0.2, 0.25) is 5.91 Å². The maximum atomic E-state index is 11.8. The molecule has 0 saturated carbocycles. The summed E-state index contributed by atoms with van der Waals surface area (Å²) in [5, 5.41) is 5.98. The van der Waals surface area contributed by atoms with Crippen molar-refractivity contribution < 1.29 is 4.79 Å². The first-order valence-corrected chi connectivity index (χ1v) is 5.98. The van der Waals surface area contributed by atoms with Crippen molar-refractivity contribution in [1.29, 1.82) is 0 Å². The van der Waals surface area contributed by atoms with E-state index in [1.54, 1.807) is 0 Å². The summed E-state index contributed by atoms with van der Waals surface area (Å²) in [4.78, 5) is 14.0. The minimum atomic E-state index is -0.114. The fraction of sp³-hybridized carbons (Fsp3) is 0.462. The average Bonchev–Trinajstić information content (AvgIpc) is 2.33. The SMILES string of the molecule is CNCC1C(=O)NCCN1c1ccc(C)cc1. The van der Waals surface area contributed by atoms with Crippen LogP contribution in [0.5, 0.6) is 0 Å². The van der Waals surface area contributed by atoms with Crippen molar-refractivity contribution in [3.8, 4) is 0 Å². The minimum Gasteiger partial charge on any atom is -0.357 e. The second-order valence-corrected chi connectivity index (χ2v) is 4.39. The van der Waals surface area contributed by atoms with Crippen LogP contribution in [0, 0.1) is 6.92 Å². The van der Waals surface area contributed by atoms with Gasteiger partial charge in [0.1, 0.15) is 6.04 Å². The largest absolute Gasteiger partial charge is 0.357 e. The molecular weight excluding hydrogens is 214 g/mol. The molecule has 0 bridgehead atoms. The molecule has 0 aliphatic carbocycles. The molecule has 1 heterocycles. The van der Waals surface area contributed by atoms with Gasteiger partial charge in [-0.15, -0.1) is 0 Å². The molecule has 1 atom stereocenters. The van der Waals surface area contributed by atoms with Gasteiger partial charge in [-0.05, 0) is 26.1 Å². The highest BCUT2D eigenvalue weighted by molar-refractivity contribution is 5.86. The summed E-state index contributed by atoms with van der Waals surface area (Å²) in [7, 11) is 1.87. The quantitative estimate of drug-likeness (QED) is 0.800. The van der Waals surface area contributed by atoms with E-state index in [1.807, 2.05) is 7.05 Å². The zero-order valence-electron chi connectivity index (χ0n) is 10.4. The van der Waals surface area contributed by atoms with Crippen LogP contribution in [0.4, 0.5) is 5.69 Å². The molecule has 1 fully saturated rings. The normalized spacial score (nSPS) is 20.2. The summed E-state index contributed by atoms with van der Waals surface area (Å²) in [5.41, 5.74) is 2.35. The molecule has 1 aromatic rings. The van der Waals surface area contributed by atoms with E-state index in [0.29, 0.717) is 13.1 Å². The molecule has 0 spiro atoms. The number of benzene rings is 1. The third-order valence-corrected chi connectivity index (χ3v) is 3.09. The van der Waals surface area contributed by atoms with Gasteiger partial charge < -0.3 is 15.5 Å². The monoisotopic (exact) mass is 233 g/mol. The lowest BCUT2D eigenvalue weighted by Gasteiger charge is -2.36. The summed E-state index contributed by atoms with van der Waals surface area (Å²) in [5.74, 6) is 0.103. The molecule has 2 N–H and O–H groups in total. The van der Waals surface area contributed by atoms with Crippen molar-refractivity contribution >= 4 is 11.6 Å². The molecule has 92 valence electrons. The number of carbonyl (C=O) groups excluding carboxylic acids is 1. The van der Waals surface area contributed by atoms with Gasteiger partial charge in [0.05, 0.1) is 0 Å². The van der Waals surface area contributed by atoms with Crippen LogP contribution in [0.15, 0.2) is 24.3 Å². The fourth-order valence-corrected chi connectivity index (χ4v) is 2.16. The van der Waals surface area contributed by atoms with Crippen LogP contribution in [0.3, 0.4) is 0 Å². The molecule has 1 aliphatic heterocycles. The number of nitrogens with one attached hydrogen (secondary N) is 2. The maximum absolute atomic E-state index is 11.8. The van der Waals surface area contributed by atoms with Crippen molar-refractivity contribution in [2.75, 3.05) is 31.6 Å². The lowest BCUT2D eigenvalue weighted by atomic mass is 10.1. The standard InChI is InChI=1S/C13H19N3O/c1-10-3-5-11(6-4-10)16-8-7-15-13(17)12(16)9-14-2/h3-6,12,14H,7-9H2,1-2H3,(H,15,17). The van der Waals surface area contributed by atoms with E-state index in [1.165, 1.54) is 5.56 Å². The first-order valence-electron chi connectivity index (χ1n) is 5.98. The predicted octanol–water partition coefficient (Wildman–Crippen LogP) is 0.519. The van der Waals surface area contributed by atoms with Crippen LogP contribution in [-0.2, 0) is 4.79 Å². The average molecular weight is 233 g/mol. The number of hydrogen-bond acceptors (Lipinski definition) is 3. The Morgan fingerprint density at radius 1 is 1.41 bits per heavy atom. The Hall–Kier alpha value is -1.55. The highest BCUT2D eigenvalue weighted by Crippen LogP contribution is 2.19. The highest BCUT2D eigenvalue weighted by Gasteiger charge is 2.28. The van der Waals surface area contributed by atoms with E-state index in [2.05, 4.69) is 46.7 Å². The van der Waals surface area contributed by atoms with Gasteiger partial charge in [-0.2, -0.15) is 0 Å². The van der Waals surface area contributed by atoms with Crippen LogP contribution in [0.2, 0.25) is 0 Å². The van der Waals surface area contributed by atoms with Crippen LogP contribution in [-0.4, -0.2) is 38.6 Å². The van der Waals surface area contributed by atoms with Gasteiger partial charge >= 0.3 is 0 Å². The third kappa shape index (κ3) is 2.58. The Morgan fingerprint density at radius 3 is 2.76 bits per heavy atom. The molecule has 2 rings (SSSR count). The summed E-state index contributed by atoms with van der Waals surface area (Å²) < 4.78 is 0. The highest BCUT2D eigenvalue weighted by atomic mass is 16.2. The number of aryl methyl sites for hydroxylation is 1. The summed E-state index contributed by atoms with van der Waals surface area (Å²) >= 11 is 0. The topological polar surface area (TPSA) is 44.4 Å². The molecule has 1 unspecified atom stereocenters. The second kappa shape index (κ2) is 5.19. The first-order chi connectivity index (χ1) is 8.22. The van der Waals surface area contributed by atoms with E-state index in [4.69, 9.17) is 0 Å². The van der Waals surface area contributed by atoms with Gasteiger partial charge in [0.15, 0.2) is 0 Å². The Kier molecular flexibility index (Phi) is 3.64. The molecule has 0 radical (unpaired) electrons. The summed E-state index contributed by atoms with van der Waals surface area (Å²) in [6.45, 7) is 4.31. The summed E-state index contributed by atoms with van der Waals surface area (Å²) in [6.07, 6.45) is 0. The van der Waals surface area contributed by atoms with E-state index in [-0.39, 0.29) is 11.9 Å². The van der Waals surface area contributed by atoms with Crippen LogP contribution in [0.25, 0.3) is 0 Å². The van der Waals surface area contributed by atoms with Crippen LogP contribution >= 0.6 is 0 Å². The zero-order chi connectivity index (χ0) is 12.3. The van der Waals surface area contributed by atoms with E-state index >= 15 is 0 Å². The number of carbonyl (C=O) groups is 1. The lowest BCUT2D eigenvalue weighted by Crippen LogP contribution is -2.58. The second-order valence-electron chi connectivity index (χ2n) is 4.39. The van der Waals surface area contributed by atoms with Crippen LogP contribution < -0.4 is 15.5 Å². The van der Waals surface area contributed by atoms with Gasteiger partial charge in [0, 0.05) is 25.3 Å². The molecule has 1 amide bonds. The van der Waals surface area contributed by atoms with E-state index < -0.39 is 0 Å². The van der Waals surface area contributed by atoms with Crippen molar-refractivity contribution in [3.63, 3.8) is 0 Å². The van der Waals surface area contributed by atoms with Gasteiger partial charge in [-0.3, -0.25) is 4.79 Å². The van der Waals surface area contributed by atoms with Crippen molar-refractivity contribution in [2.24, 2.45) is 0 Å². The number of likely N-dealkylation sites (N-methyl/N-ethyl adjacent to an activating group) is 1. The first kappa shape index (κ1) is 11.9. The van der Waals surface area contributed by atoms with Crippen molar-refractivity contribution in [1.82, 2.24) is 10.6 Å². The molecule has 1 aromatic carbocycles. The van der Waals surface area contributed by atoms with Crippen molar-refractivity contribution in [3.05, 3.63) is 29.8 Å². The molecule has 1 saturated heterocycles. The van der Waals surface area contributed by atoms with Gasteiger partial charge in [-0.1, -0.05) is 17.7 Å². The Balaban J connectivity index is 2.21. The van der Waals surface area contributed by atoms with Crippen molar-refractivity contribution in [2.45, 2.75) is 13.0 Å². The Bertz CT molecular complexity index is 388. The smallest absolute Gasteiger partial charge is 0.244 e. The number of hydrogen-bond donors (Lipinski definition) is 2. The number of amides is 1.